The number of ether oxygens (including phenoxy) is 2. The van der Waals surface area contributed by atoms with Gasteiger partial charge >= 0.3 is 6.09 Å². The highest BCUT2D eigenvalue weighted by atomic mass is 16.6. The molecule has 1 unspecified atom stereocenters. The molecule has 1 atom stereocenters. The molecule has 0 aliphatic carbocycles. The normalized spacial score (nSPS) is 25.4. The van der Waals surface area contributed by atoms with Crippen molar-refractivity contribution in [1.29, 1.82) is 0 Å². The third-order valence-electron chi connectivity index (χ3n) is 3.82. The highest BCUT2D eigenvalue weighted by molar-refractivity contribution is 5.68. The molecular weight excluding hydrogens is 256 g/mol. The Labute approximate surface area is 122 Å². The zero-order chi connectivity index (χ0) is 14.8. The van der Waals surface area contributed by atoms with Gasteiger partial charge in [-0.3, -0.25) is 0 Å². The van der Waals surface area contributed by atoms with Crippen molar-refractivity contribution in [3.63, 3.8) is 0 Å². The first kappa shape index (κ1) is 15.6. The van der Waals surface area contributed by atoms with Gasteiger partial charge in [0.15, 0.2) is 0 Å². The minimum absolute atomic E-state index is 0.181. The summed E-state index contributed by atoms with van der Waals surface area (Å²) in [6.45, 7) is 13.2. The fourth-order valence-corrected chi connectivity index (χ4v) is 2.62. The molecule has 2 heterocycles. The van der Waals surface area contributed by atoms with Crippen molar-refractivity contribution in [1.82, 2.24) is 10.2 Å². The summed E-state index contributed by atoms with van der Waals surface area (Å²) in [7, 11) is 0. The van der Waals surface area contributed by atoms with E-state index in [1.165, 1.54) is 0 Å². The molecule has 2 saturated heterocycles. The number of likely N-dealkylation sites (tertiary alicyclic amines) is 1. The average molecular weight is 284 g/mol. The third kappa shape index (κ3) is 4.35. The van der Waals surface area contributed by atoms with E-state index in [9.17, 15) is 4.79 Å². The fraction of sp³-hybridized carbons (Fsp3) is 0.933. The lowest BCUT2D eigenvalue weighted by Crippen LogP contribution is -2.48. The largest absolute Gasteiger partial charge is 0.444 e. The quantitative estimate of drug-likeness (QED) is 0.856. The van der Waals surface area contributed by atoms with Gasteiger partial charge in [0, 0.05) is 25.0 Å². The Bertz CT molecular complexity index is 348. The number of nitrogens with zero attached hydrogens (tertiary/aromatic N) is 1. The molecule has 0 spiro atoms. The van der Waals surface area contributed by atoms with Crippen LogP contribution in [0.5, 0.6) is 0 Å². The number of hydrogen-bond donors (Lipinski definition) is 1. The first-order chi connectivity index (χ1) is 9.27. The summed E-state index contributed by atoms with van der Waals surface area (Å²) in [5.74, 6) is 0.534. The third-order valence-corrected chi connectivity index (χ3v) is 3.82. The molecule has 2 rings (SSSR count). The van der Waals surface area contributed by atoms with E-state index < -0.39 is 5.60 Å². The molecule has 2 aliphatic rings. The minimum Gasteiger partial charge on any atom is -0.444 e. The molecule has 0 aromatic rings. The van der Waals surface area contributed by atoms with Gasteiger partial charge in [-0.15, -0.1) is 0 Å². The van der Waals surface area contributed by atoms with Crippen LogP contribution in [0.3, 0.4) is 0 Å². The Hall–Kier alpha value is -0.810. The lowest BCUT2D eigenvalue weighted by Gasteiger charge is -2.38. The maximum atomic E-state index is 12.0. The van der Waals surface area contributed by atoms with Crippen LogP contribution in [-0.2, 0) is 9.47 Å². The molecule has 1 amide bonds. The first-order valence-corrected chi connectivity index (χ1v) is 7.54. The van der Waals surface area contributed by atoms with Crippen LogP contribution in [0.2, 0.25) is 0 Å². The summed E-state index contributed by atoms with van der Waals surface area (Å²) in [6, 6.07) is 0. The van der Waals surface area contributed by atoms with Crippen molar-refractivity contribution in [2.45, 2.75) is 39.7 Å². The van der Waals surface area contributed by atoms with Gasteiger partial charge in [0.1, 0.15) is 5.60 Å². The number of carbonyl (C=O) groups excluding carboxylic acids is 1. The van der Waals surface area contributed by atoms with Gasteiger partial charge < -0.3 is 19.7 Å². The molecule has 5 nitrogen and oxygen atoms in total. The molecule has 2 fully saturated rings. The maximum absolute atomic E-state index is 12.0. The second-order valence-corrected chi connectivity index (χ2v) is 7.52. The molecule has 0 aromatic heterocycles. The second-order valence-electron chi connectivity index (χ2n) is 7.52. The Morgan fingerprint density at radius 3 is 2.70 bits per heavy atom. The standard InChI is InChI=1S/C15H28N2O3/c1-14(2,3)20-13(18)17-6-5-12(8-17)7-16-9-15(4)10-19-11-15/h12,16H,5-11H2,1-4H3. The molecule has 1 N–H and O–H groups in total. The number of carbonyl (C=O) groups is 1. The van der Waals surface area contributed by atoms with E-state index in [2.05, 4.69) is 12.2 Å². The number of hydrogen-bond acceptors (Lipinski definition) is 4. The molecule has 116 valence electrons. The van der Waals surface area contributed by atoms with Crippen LogP contribution in [0.15, 0.2) is 0 Å². The van der Waals surface area contributed by atoms with E-state index >= 15 is 0 Å². The van der Waals surface area contributed by atoms with Crippen molar-refractivity contribution >= 4 is 6.09 Å². The van der Waals surface area contributed by atoms with Crippen molar-refractivity contribution in [2.75, 3.05) is 39.4 Å². The van der Waals surface area contributed by atoms with Gasteiger partial charge in [0.25, 0.3) is 0 Å². The Morgan fingerprint density at radius 1 is 1.45 bits per heavy atom. The fourth-order valence-electron chi connectivity index (χ4n) is 2.62. The highest BCUT2D eigenvalue weighted by Crippen LogP contribution is 2.25. The van der Waals surface area contributed by atoms with E-state index in [-0.39, 0.29) is 6.09 Å². The number of nitrogens with one attached hydrogen (secondary N) is 1. The smallest absolute Gasteiger partial charge is 0.410 e. The van der Waals surface area contributed by atoms with Crippen LogP contribution in [0.1, 0.15) is 34.1 Å². The SMILES string of the molecule is CC1(CNCC2CCN(C(=O)OC(C)(C)C)C2)COC1. The molecular formula is C15H28N2O3. The zero-order valence-corrected chi connectivity index (χ0v) is 13.2. The molecule has 0 radical (unpaired) electrons. The topological polar surface area (TPSA) is 50.8 Å². The van der Waals surface area contributed by atoms with Crippen LogP contribution >= 0.6 is 0 Å². The summed E-state index contributed by atoms with van der Waals surface area (Å²) < 4.78 is 10.7. The van der Waals surface area contributed by atoms with E-state index in [1.807, 2.05) is 25.7 Å². The summed E-state index contributed by atoms with van der Waals surface area (Å²) in [5.41, 5.74) is -0.101. The lowest BCUT2D eigenvalue weighted by molar-refractivity contribution is -0.0991. The summed E-state index contributed by atoms with van der Waals surface area (Å²) in [6.07, 6.45) is 0.874. The van der Waals surface area contributed by atoms with E-state index in [4.69, 9.17) is 9.47 Å². The van der Waals surface area contributed by atoms with Gasteiger partial charge in [0.05, 0.1) is 13.2 Å². The second kappa shape index (κ2) is 5.90. The van der Waals surface area contributed by atoms with Gasteiger partial charge in [-0.2, -0.15) is 0 Å². The first-order valence-electron chi connectivity index (χ1n) is 7.54. The Kier molecular flexibility index (Phi) is 4.59. The molecule has 0 bridgehead atoms. The summed E-state index contributed by atoms with van der Waals surface area (Å²) in [5, 5.41) is 3.52. The van der Waals surface area contributed by atoms with Gasteiger partial charge in [-0.1, -0.05) is 6.92 Å². The van der Waals surface area contributed by atoms with Crippen molar-refractivity contribution < 1.29 is 14.3 Å². The predicted octanol–water partition coefficient (Wildman–Crippen LogP) is 1.87. The zero-order valence-electron chi connectivity index (χ0n) is 13.2. The van der Waals surface area contributed by atoms with Crippen LogP contribution in [0, 0.1) is 11.3 Å². The van der Waals surface area contributed by atoms with Crippen LogP contribution < -0.4 is 5.32 Å². The van der Waals surface area contributed by atoms with E-state index in [1.54, 1.807) is 0 Å². The van der Waals surface area contributed by atoms with Crippen molar-refractivity contribution in [2.24, 2.45) is 11.3 Å². The van der Waals surface area contributed by atoms with Gasteiger partial charge in [-0.05, 0) is 39.7 Å². The van der Waals surface area contributed by atoms with E-state index in [0.717, 1.165) is 45.8 Å². The predicted molar refractivity (Wildman–Crippen MR) is 77.7 cm³/mol. The van der Waals surface area contributed by atoms with Crippen molar-refractivity contribution in [3.05, 3.63) is 0 Å². The number of rotatable bonds is 4. The minimum atomic E-state index is -0.410. The molecule has 20 heavy (non-hydrogen) atoms. The van der Waals surface area contributed by atoms with Crippen LogP contribution in [0.25, 0.3) is 0 Å². The van der Waals surface area contributed by atoms with Gasteiger partial charge in [0.2, 0.25) is 0 Å². The monoisotopic (exact) mass is 284 g/mol. The van der Waals surface area contributed by atoms with Gasteiger partial charge in [-0.25, -0.2) is 4.79 Å². The van der Waals surface area contributed by atoms with Crippen molar-refractivity contribution in [3.8, 4) is 0 Å². The number of amides is 1. The van der Waals surface area contributed by atoms with E-state index in [0.29, 0.717) is 11.3 Å². The molecule has 0 aromatic carbocycles. The Morgan fingerprint density at radius 2 is 2.15 bits per heavy atom. The summed E-state index contributed by atoms with van der Waals surface area (Å²) in [4.78, 5) is 13.8. The highest BCUT2D eigenvalue weighted by Gasteiger charge is 2.34. The molecule has 5 heteroatoms. The molecule has 0 saturated carbocycles. The maximum Gasteiger partial charge on any atom is 0.410 e. The van der Waals surface area contributed by atoms with Crippen LogP contribution in [-0.4, -0.2) is 56.0 Å². The van der Waals surface area contributed by atoms with Crippen LogP contribution in [0.4, 0.5) is 4.79 Å². The average Bonchev–Trinajstić information content (AvgIpc) is 2.73. The summed E-state index contributed by atoms with van der Waals surface area (Å²) >= 11 is 0. The molecule has 2 aliphatic heterocycles. The Balaban J connectivity index is 1.66. The lowest BCUT2D eigenvalue weighted by atomic mass is 9.88.